The lowest BCUT2D eigenvalue weighted by Crippen LogP contribution is -2.26. The Morgan fingerprint density at radius 2 is 1.75 bits per heavy atom. The van der Waals surface area contributed by atoms with Crippen molar-refractivity contribution in [2.75, 3.05) is 19.8 Å². The number of rotatable bonds is 6. The van der Waals surface area contributed by atoms with Gasteiger partial charge in [0.2, 0.25) is 5.91 Å². The third-order valence-electron chi connectivity index (χ3n) is 3.98. The molecule has 3 rings (SSSR count). The van der Waals surface area contributed by atoms with Crippen LogP contribution in [0.15, 0.2) is 48.5 Å². The lowest BCUT2D eigenvalue weighted by Gasteiger charge is -2.10. The fraction of sp³-hybridized carbons (Fsp3) is 0.350. The van der Waals surface area contributed by atoms with Gasteiger partial charge in [0.1, 0.15) is 0 Å². The van der Waals surface area contributed by atoms with E-state index in [0.717, 1.165) is 36.3 Å². The molecular weight excluding hydrogens is 302 g/mol. The molecule has 0 saturated heterocycles. The standard InChI is InChI=1S/C20H23NO3/c22-20(21-11-4-8-16-6-2-1-3-7-16)15-17-9-10-18-19(14-17)24-13-5-12-23-18/h1-3,6-7,9-10,14H,4-5,8,11-13,15H2,(H,21,22). The molecule has 0 aliphatic carbocycles. The van der Waals surface area contributed by atoms with Gasteiger partial charge in [0.25, 0.3) is 0 Å². The van der Waals surface area contributed by atoms with Crippen LogP contribution in [-0.2, 0) is 17.6 Å². The van der Waals surface area contributed by atoms with E-state index < -0.39 is 0 Å². The minimum atomic E-state index is 0.0394. The van der Waals surface area contributed by atoms with Gasteiger partial charge in [0.05, 0.1) is 19.6 Å². The fourth-order valence-corrected chi connectivity index (χ4v) is 2.73. The highest BCUT2D eigenvalue weighted by atomic mass is 16.5. The van der Waals surface area contributed by atoms with Gasteiger partial charge in [-0.05, 0) is 36.1 Å². The molecule has 2 aromatic carbocycles. The van der Waals surface area contributed by atoms with Crippen molar-refractivity contribution in [3.05, 3.63) is 59.7 Å². The average Bonchev–Trinajstić information content (AvgIpc) is 2.84. The quantitative estimate of drug-likeness (QED) is 0.830. The zero-order chi connectivity index (χ0) is 16.6. The Morgan fingerprint density at radius 3 is 2.58 bits per heavy atom. The van der Waals surface area contributed by atoms with Crippen LogP contribution in [0.2, 0.25) is 0 Å². The van der Waals surface area contributed by atoms with Crippen LogP contribution in [0.1, 0.15) is 24.0 Å². The van der Waals surface area contributed by atoms with Crippen LogP contribution in [0.25, 0.3) is 0 Å². The van der Waals surface area contributed by atoms with Gasteiger partial charge >= 0.3 is 0 Å². The zero-order valence-electron chi connectivity index (χ0n) is 13.8. The molecule has 0 unspecified atom stereocenters. The van der Waals surface area contributed by atoms with E-state index in [1.54, 1.807) is 0 Å². The first-order chi connectivity index (χ1) is 11.8. The average molecular weight is 325 g/mol. The van der Waals surface area contributed by atoms with Crippen LogP contribution in [0.5, 0.6) is 11.5 Å². The normalized spacial score (nSPS) is 13.2. The van der Waals surface area contributed by atoms with E-state index in [4.69, 9.17) is 9.47 Å². The molecular formula is C20H23NO3. The maximum Gasteiger partial charge on any atom is 0.224 e. The summed E-state index contributed by atoms with van der Waals surface area (Å²) in [6.45, 7) is 2.02. The highest BCUT2D eigenvalue weighted by Crippen LogP contribution is 2.30. The van der Waals surface area contributed by atoms with Crippen LogP contribution in [0.3, 0.4) is 0 Å². The van der Waals surface area contributed by atoms with Crippen molar-refractivity contribution < 1.29 is 14.3 Å². The summed E-state index contributed by atoms with van der Waals surface area (Å²) >= 11 is 0. The van der Waals surface area contributed by atoms with E-state index in [1.807, 2.05) is 36.4 Å². The van der Waals surface area contributed by atoms with Gasteiger partial charge in [0.15, 0.2) is 11.5 Å². The van der Waals surface area contributed by atoms with Gasteiger partial charge < -0.3 is 14.8 Å². The van der Waals surface area contributed by atoms with Crippen molar-refractivity contribution in [3.63, 3.8) is 0 Å². The first-order valence-corrected chi connectivity index (χ1v) is 8.50. The number of amides is 1. The molecule has 126 valence electrons. The highest BCUT2D eigenvalue weighted by molar-refractivity contribution is 5.78. The first kappa shape index (κ1) is 16.4. The summed E-state index contributed by atoms with van der Waals surface area (Å²) < 4.78 is 11.3. The predicted molar refractivity (Wildman–Crippen MR) is 93.5 cm³/mol. The number of carbonyl (C=O) groups excluding carboxylic acids is 1. The van der Waals surface area contributed by atoms with E-state index in [1.165, 1.54) is 5.56 Å². The Labute approximate surface area is 142 Å². The molecule has 4 heteroatoms. The number of hydrogen-bond acceptors (Lipinski definition) is 3. The first-order valence-electron chi connectivity index (χ1n) is 8.50. The second-order valence-corrected chi connectivity index (χ2v) is 5.95. The van der Waals surface area contributed by atoms with E-state index in [9.17, 15) is 4.79 Å². The fourth-order valence-electron chi connectivity index (χ4n) is 2.73. The topological polar surface area (TPSA) is 47.6 Å². The molecule has 0 fully saturated rings. The molecule has 0 spiro atoms. The molecule has 2 aromatic rings. The zero-order valence-corrected chi connectivity index (χ0v) is 13.8. The summed E-state index contributed by atoms with van der Waals surface area (Å²) in [5.41, 5.74) is 2.24. The number of fused-ring (bicyclic) bond motifs is 1. The highest BCUT2D eigenvalue weighted by Gasteiger charge is 2.12. The third kappa shape index (κ3) is 4.75. The summed E-state index contributed by atoms with van der Waals surface area (Å²) in [5.74, 6) is 1.54. The Kier molecular flexibility index (Phi) is 5.72. The lowest BCUT2D eigenvalue weighted by atomic mass is 10.1. The SMILES string of the molecule is O=C(Cc1ccc2c(c1)OCCCO2)NCCCc1ccccc1. The number of aryl methyl sites for hydroxylation is 1. The van der Waals surface area contributed by atoms with Gasteiger partial charge in [-0.15, -0.1) is 0 Å². The predicted octanol–water partition coefficient (Wildman–Crippen LogP) is 3.14. The molecule has 24 heavy (non-hydrogen) atoms. The number of nitrogens with one attached hydrogen (secondary N) is 1. The molecule has 1 heterocycles. The second-order valence-electron chi connectivity index (χ2n) is 5.95. The molecule has 0 saturated carbocycles. The number of benzene rings is 2. The largest absolute Gasteiger partial charge is 0.490 e. The molecule has 0 bridgehead atoms. The van der Waals surface area contributed by atoms with Crippen LogP contribution >= 0.6 is 0 Å². The van der Waals surface area contributed by atoms with Crippen LogP contribution in [-0.4, -0.2) is 25.7 Å². The van der Waals surface area contributed by atoms with Crippen molar-refractivity contribution in [2.24, 2.45) is 0 Å². The van der Waals surface area contributed by atoms with Crippen LogP contribution < -0.4 is 14.8 Å². The number of carbonyl (C=O) groups is 1. The van der Waals surface area contributed by atoms with E-state index in [0.29, 0.717) is 26.2 Å². The third-order valence-corrected chi connectivity index (χ3v) is 3.98. The number of hydrogen-bond donors (Lipinski definition) is 1. The van der Waals surface area contributed by atoms with Gasteiger partial charge in [-0.25, -0.2) is 0 Å². The van der Waals surface area contributed by atoms with Gasteiger partial charge in [0, 0.05) is 13.0 Å². The Balaban J connectivity index is 1.44. The molecule has 1 amide bonds. The summed E-state index contributed by atoms with van der Waals surface area (Å²) in [5, 5.41) is 2.98. The van der Waals surface area contributed by atoms with E-state index in [2.05, 4.69) is 17.4 Å². The monoisotopic (exact) mass is 325 g/mol. The molecule has 1 aliphatic rings. The lowest BCUT2D eigenvalue weighted by molar-refractivity contribution is -0.120. The summed E-state index contributed by atoms with van der Waals surface area (Å²) in [6, 6.07) is 16.0. The number of ether oxygens (including phenoxy) is 2. The minimum absolute atomic E-state index is 0.0394. The maximum atomic E-state index is 12.1. The smallest absolute Gasteiger partial charge is 0.224 e. The summed E-state index contributed by atoms with van der Waals surface area (Å²) in [7, 11) is 0. The summed E-state index contributed by atoms with van der Waals surface area (Å²) in [6.07, 6.45) is 3.16. The second kappa shape index (κ2) is 8.39. The maximum absolute atomic E-state index is 12.1. The van der Waals surface area contributed by atoms with Crippen LogP contribution in [0.4, 0.5) is 0 Å². The van der Waals surface area contributed by atoms with Crippen molar-refractivity contribution in [1.29, 1.82) is 0 Å². The van der Waals surface area contributed by atoms with E-state index in [-0.39, 0.29) is 5.91 Å². The molecule has 0 radical (unpaired) electrons. The Morgan fingerprint density at radius 1 is 0.958 bits per heavy atom. The Bertz CT molecular complexity index is 670. The summed E-state index contributed by atoms with van der Waals surface area (Å²) in [4.78, 5) is 12.1. The van der Waals surface area contributed by atoms with Crippen LogP contribution in [0, 0.1) is 0 Å². The Hall–Kier alpha value is -2.49. The van der Waals surface area contributed by atoms with Crippen molar-refractivity contribution in [2.45, 2.75) is 25.7 Å². The van der Waals surface area contributed by atoms with Crippen molar-refractivity contribution in [1.82, 2.24) is 5.32 Å². The van der Waals surface area contributed by atoms with Crippen molar-refractivity contribution in [3.8, 4) is 11.5 Å². The molecule has 4 nitrogen and oxygen atoms in total. The minimum Gasteiger partial charge on any atom is -0.490 e. The van der Waals surface area contributed by atoms with Crippen molar-refractivity contribution >= 4 is 5.91 Å². The molecule has 0 atom stereocenters. The molecule has 0 aromatic heterocycles. The van der Waals surface area contributed by atoms with Gasteiger partial charge in [-0.1, -0.05) is 36.4 Å². The van der Waals surface area contributed by atoms with Gasteiger partial charge in [-0.3, -0.25) is 4.79 Å². The van der Waals surface area contributed by atoms with Gasteiger partial charge in [-0.2, -0.15) is 0 Å². The molecule has 1 N–H and O–H groups in total. The van der Waals surface area contributed by atoms with E-state index >= 15 is 0 Å². The molecule has 1 aliphatic heterocycles.